The molecular formula is C17H17Cl3N2O. The van der Waals surface area contributed by atoms with Crippen molar-refractivity contribution < 1.29 is 4.79 Å². The van der Waals surface area contributed by atoms with Crippen molar-refractivity contribution >= 4 is 46.4 Å². The topological polar surface area (TPSA) is 41.1 Å². The van der Waals surface area contributed by atoms with Crippen LogP contribution in [-0.4, -0.2) is 19.0 Å². The predicted octanol–water partition coefficient (Wildman–Crippen LogP) is 4.73. The monoisotopic (exact) mass is 370 g/mol. The van der Waals surface area contributed by atoms with Gasteiger partial charge in [-0.25, -0.2) is 0 Å². The Morgan fingerprint density at radius 1 is 1.04 bits per heavy atom. The Bertz CT molecular complexity index is 704. The van der Waals surface area contributed by atoms with E-state index >= 15 is 0 Å². The summed E-state index contributed by atoms with van der Waals surface area (Å²) in [5, 5.41) is 7.85. The first-order valence-corrected chi connectivity index (χ1v) is 8.30. The average Bonchev–Trinajstić information content (AvgIpc) is 2.48. The molecule has 0 radical (unpaired) electrons. The molecule has 2 rings (SSSR count). The van der Waals surface area contributed by atoms with Gasteiger partial charge >= 0.3 is 0 Å². The van der Waals surface area contributed by atoms with Gasteiger partial charge in [0.15, 0.2) is 0 Å². The maximum atomic E-state index is 11.9. The minimum atomic E-state index is -0.0994. The molecule has 6 heteroatoms. The van der Waals surface area contributed by atoms with Crippen molar-refractivity contribution in [2.45, 2.75) is 13.3 Å². The smallest absolute Gasteiger partial charge is 0.238 e. The maximum absolute atomic E-state index is 11.9. The third-order valence-electron chi connectivity index (χ3n) is 3.33. The minimum Gasteiger partial charge on any atom is -0.325 e. The number of rotatable bonds is 6. The second-order valence-electron chi connectivity index (χ2n) is 5.17. The highest BCUT2D eigenvalue weighted by atomic mass is 35.5. The van der Waals surface area contributed by atoms with E-state index in [0.717, 1.165) is 23.2 Å². The molecule has 1 amide bonds. The molecule has 3 nitrogen and oxygen atoms in total. The molecule has 2 aromatic rings. The van der Waals surface area contributed by atoms with Crippen molar-refractivity contribution in [2.24, 2.45) is 0 Å². The summed E-state index contributed by atoms with van der Waals surface area (Å²) in [6.45, 7) is 2.78. The lowest BCUT2D eigenvalue weighted by molar-refractivity contribution is -0.115. The molecule has 0 aromatic heterocycles. The van der Waals surface area contributed by atoms with Gasteiger partial charge in [-0.15, -0.1) is 0 Å². The molecule has 23 heavy (non-hydrogen) atoms. The fourth-order valence-corrected chi connectivity index (χ4v) is 2.84. The standard InChI is InChI=1S/C17H17Cl3N2O/c1-11-8-13(18)4-5-16(11)22-17(23)10-21-7-6-12-2-3-14(19)9-15(12)20/h2-5,8-9,21H,6-7,10H2,1H3,(H,22,23). The van der Waals surface area contributed by atoms with Crippen molar-refractivity contribution in [1.29, 1.82) is 0 Å². The lowest BCUT2D eigenvalue weighted by atomic mass is 10.1. The molecule has 0 aliphatic heterocycles. The summed E-state index contributed by atoms with van der Waals surface area (Å²) in [6, 6.07) is 10.8. The summed E-state index contributed by atoms with van der Waals surface area (Å²) in [5.41, 5.74) is 2.69. The zero-order valence-corrected chi connectivity index (χ0v) is 14.9. The minimum absolute atomic E-state index is 0.0994. The Labute approximate surface area is 150 Å². The van der Waals surface area contributed by atoms with Crippen molar-refractivity contribution in [3.63, 3.8) is 0 Å². The number of anilines is 1. The number of carbonyl (C=O) groups excluding carboxylic acids is 1. The SMILES string of the molecule is Cc1cc(Cl)ccc1NC(=O)CNCCc1ccc(Cl)cc1Cl. The van der Waals surface area contributed by atoms with E-state index in [1.54, 1.807) is 24.3 Å². The summed E-state index contributed by atoms with van der Waals surface area (Å²) in [7, 11) is 0. The van der Waals surface area contributed by atoms with Crippen LogP contribution in [0.4, 0.5) is 5.69 Å². The Kier molecular flexibility index (Phi) is 6.72. The lowest BCUT2D eigenvalue weighted by Gasteiger charge is -2.10. The van der Waals surface area contributed by atoms with Crippen molar-refractivity contribution in [2.75, 3.05) is 18.4 Å². The number of hydrogen-bond donors (Lipinski definition) is 2. The normalized spacial score (nSPS) is 10.6. The third kappa shape index (κ3) is 5.70. The average molecular weight is 372 g/mol. The Balaban J connectivity index is 1.76. The van der Waals surface area contributed by atoms with Crippen molar-refractivity contribution in [3.05, 3.63) is 62.6 Å². The van der Waals surface area contributed by atoms with E-state index in [1.165, 1.54) is 0 Å². The Morgan fingerprint density at radius 2 is 1.74 bits per heavy atom. The van der Waals surface area contributed by atoms with Gasteiger partial charge in [0.2, 0.25) is 5.91 Å². The number of hydrogen-bond acceptors (Lipinski definition) is 2. The first-order chi connectivity index (χ1) is 11.0. The van der Waals surface area contributed by atoms with Crippen LogP contribution in [-0.2, 0) is 11.2 Å². The molecule has 0 saturated carbocycles. The fourth-order valence-electron chi connectivity index (χ4n) is 2.11. The van der Waals surface area contributed by atoms with Crippen LogP contribution < -0.4 is 10.6 Å². The van der Waals surface area contributed by atoms with Crippen LogP contribution in [0.1, 0.15) is 11.1 Å². The molecule has 122 valence electrons. The van der Waals surface area contributed by atoms with Crippen LogP contribution in [0.5, 0.6) is 0 Å². The molecule has 0 unspecified atom stereocenters. The molecule has 0 heterocycles. The summed E-state index contributed by atoms with van der Waals surface area (Å²) < 4.78 is 0. The van der Waals surface area contributed by atoms with Gasteiger partial charge in [0.1, 0.15) is 0 Å². The second kappa shape index (κ2) is 8.55. The quantitative estimate of drug-likeness (QED) is 0.721. The van der Waals surface area contributed by atoms with Gasteiger partial charge in [-0.05, 0) is 61.3 Å². The van der Waals surface area contributed by atoms with E-state index in [0.29, 0.717) is 21.6 Å². The van der Waals surface area contributed by atoms with E-state index < -0.39 is 0 Å². The van der Waals surface area contributed by atoms with E-state index in [9.17, 15) is 4.79 Å². The van der Waals surface area contributed by atoms with Gasteiger partial charge < -0.3 is 10.6 Å². The number of carbonyl (C=O) groups is 1. The molecule has 0 aliphatic carbocycles. The predicted molar refractivity (Wildman–Crippen MR) is 97.9 cm³/mol. The van der Waals surface area contributed by atoms with Crippen molar-refractivity contribution in [3.8, 4) is 0 Å². The van der Waals surface area contributed by atoms with E-state index in [-0.39, 0.29) is 12.5 Å². The molecule has 2 N–H and O–H groups in total. The molecule has 0 saturated heterocycles. The molecule has 2 aromatic carbocycles. The summed E-state index contributed by atoms with van der Waals surface area (Å²) in [4.78, 5) is 11.9. The van der Waals surface area contributed by atoms with Crippen LogP contribution in [0.2, 0.25) is 15.1 Å². The maximum Gasteiger partial charge on any atom is 0.238 e. The highest BCUT2D eigenvalue weighted by Gasteiger charge is 2.06. The molecule has 0 aliphatic rings. The van der Waals surface area contributed by atoms with Crippen molar-refractivity contribution in [1.82, 2.24) is 5.32 Å². The van der Waals surface area contributed by atoms with E-state index in [2.05, 4.69) is 10.6 Å². The van der Waals surface area contributed by atoms with Gasteiger partial charge in [-0.2, -0.15) is 0 Å². The largest absolute Gasteiger partial charge is 0.325 e. The number of nitrogens with one attached hydrogen (secondary N) is 2. The van der Waals surface area contributed by atoms with Gasteiger partial charge in [0, 0.05) is 20.8 Å². The molecule has 0 bridgehead atoms. The highest BCUT2D eigenvalue weighted by Crippen LogP contribution is 2.21. The highest BCUT2D eigenvalue weighted by molar-refractivity contribution is 6.35. The van der Waals surface area contributed by atoms with Gasteiger partial charge in [0.05, 0.1) is 6.54 Å². The van der Waals surface area contributed by atoms with Gasteiger partial charge in [-0.3, -0.25) is 4.79 Å². The third-order valence-corrected chi connectivity index (χ3v) is 4.16. The van der Waals surface area contributed by atoms with E-state index in [1.807, 2.05) is 19.1 Å². The van der Waals surface area contributed by atoms with Crippen LogP contribution in [0.25, 0.3) is 0 Å². The summed E-state index contributed by atoms with van der Waals surface area (Å²) in [5.74, 6) is -0.0994. The first kappa shape index (κ1) is 18.1. The Hall–Kier alpha value is -1.26. The molecule has 0 fully saturated rings. The van der Waals surface area contributed by atoms with Crippen LogP contribution in [0.15, 0.2) is 36.4 Å². The fraction of sp³-hybridized carbons (Fsp3) is 0.235. The number of benzene rings is 2. The molecule has 0 atom stereocenters. The molecule has 0 spiro atoms. The summed E-state index contributed by atoms with van der Waals surface area (Å²) >= 11 is 17.9. The number of amides is 1. The second-order valence-corrected chi connectivity index (χ2v) is 6.45. The number of aryl methyl sites for hydroxylation is 1. The van der Waals surface area contributed by atoms with Crippen LogP contribution >= 0.6 is 34.8 Å². The zero-order chi connectivity index (χ0) is 16.8. The van der Waals surface area contributed by atoms with Gasteiger partial charge in [-0.1, -0.05) is 40.9 Å². The zero-order valence-electron chi connectivity index (χ0n) is 12.6. The number of halogens is 3. The summed E-state index contributed by atoms with van der Waals surface area (Å²) in [6.07, 6.45) is 0.725. The van der Waals surface area contributed by atoms with Crippen LogP contribution in [0.3, 0.4) is 0 Å². The van der Waals surface area contributed by atoms with Crippen LogP contribution in [0, 0.1) is 6.92 Å². The van der Waals surface area contributed by atoms with E-state index in [4.69, 9.17) is 34.8 Å². The lowest BCUT2D eigenvalue weighted by Crippen LogP contribution is -2.29. The molecular weight excluding hydrogens is 355 g/mol. The Morgan fingerprint density at radius 3 is 2.43 bits per heavy atom. The van der Waals surface area contributed by atoms with Gasteiger partial charge in [0.25, 0.3) is 0 Å². The first-order valence-electron chi connectivity index (χ1n) is 7.16.